The summed E-state index contributed by atoms with van der Waals surface area (Å²) >= 11 is 0. The summed E-state index contributed by atoms with van der Waals surface area (Å²) in [5.74, 6) is -1.37. The molecule has 0 aromatic rings. The number of esters is 2. The Balaban J connectivity index is 2.17. The molecule has 3 rings (SSSR count). The smallest absolute Gasteiger partial charge is 0.351 e. The number of hydrogen-bond acceptors (Lipinski definition) is 4. The first-order chi connectivity index (χ1) is 5.72. The van der Waals surface area contributed by atoms with Crippen molar-refractivity contribution in [2.75, 3.05) is 0 Å². The number of rotatable bonds is 0. The van der Waals surface area contributed by atoms with Crippen LogP contribution in [0.4, 0.5) is 0 Å². The molecular weight excluding hydrogens is 160 g/mol. The molecule has 0 aromatic heterocycles. The van der Waals surface area contributed by atoms with Crippen molar-refractivity contribution < 1.29 is 19.1 Å². The van der Waals surface area contributed by atoms with Gasteiger partial charge in [0.2, 0.25) is 0 Å². The minimum absolute atomic E-state index is 0.0631. The summed E-state index contributed by atoms with van der Waals surface area (Å²) in [7, 11) is 0. The number of carbonyl (C=O) groups is 2. The fraction of sp³-hybridized carbons (Fsp3) is 0.500. The zero-order chi connectivity index (χ0) is 8.34. The minimum Gasteiger partial charge on any atom is -0.390 e. The zero-order valence-corrected chi connectivity index (χ0v) is 6.15. The predicted molar refractivity (Wildman–Crippen MR) is 36.0 cm³/mol. The Morgan fingerprint density at radius 3 is 3.00 bits per heavy atom. The van der Waals surface area contributed by atoms with Crippen LogP contribution in [-0.4, -0.2) is 23.6 Å². The summed E-state index contributed by atoms with van der Waals surface area (Å²) in [4.78, 5) is 22.3. The van der Waals surface area contributed by atoms with Crippen molar-refractivity contribution in [3.05, 3.63) is 12.2 Å². The molecule has 3 heterocycles. The fourth-order valence-corrected chi connectivity index (χ4v) is 2.08. The van der Waals surface area contributed by atoms with Gasteiger partial charge in [-0.3, -0.25) is 4.79 Å². The van der Waals surface area contributed by atoms with Gasteiger partial charge < -0.3 is 9.47 Å². The third-order valence-corrected chi connectivity index (χ3v) is 2.69. The van der Waals surface area contributed by atoms with Crippen molar-refractivity contribution in [3.8, 4) is 0 Å². The average Bonchev–Trinajstić information content (AvgIpc) is 2.65. The van der Waals surface area contributed by atoms with Crippen molar-refractivity contribution in [2.45, 2.75) is 18.1 Å². The lowest BCUT2D eigenvalue weighted by atomic mass is 9.85. The summed E-state index contributed by atoms with van der Waals surface area (Å²) in [6, 6.07) is 0. The highest BCUT2D eigenvalue weighted by Gasteiger charge is 2.65. The molecule has 3 unspecified atom stereocenters. The van der Waals surface area contributed by atoms with E-state index in [1.165, 1.54) is 0 Å². The third kappa shape index (κ3) is 0.474. The highest BCUT2D eigenvalue weighted by atomic mass is 16.6. The predicted octanol–water partition coefficient (Wildman–Crippen LogP) is -0.217. The Kier molecular flexibility index (Phi) is 0.855. The quantitative estimate of drug-likeness (QED) is 0.283. The molecule has 0 radical (unpaired) electrons. The normalized spacial score (nSPS) is 48.3. The second-order valence-electron chi connectivity index (χ2n) is 3.31. The van der Waals surface area contributed by atoms with E-state index in [4.69, 9.17) is 4.74 Å². The number of ether oxygens (including phenoxy) is 2. The van der Waals surface area contributed by atoms with Gasteiger partial charge in [0.05, 0.1) is 6.10 Å². The van der Waals surface area contributed by atoms with Gasteiger partial charge in [0, 0.05) is 0 Å². The van der Waals surface area contributed by atoms with Crippen molar-refractivity contribution in [1.29, 1.82) is 0 Å². The molecule has 0 amide bonds. The van der Waals surface area contributed by atoms with Gasteiger partial charge in [-0.05, 0) is 12.5 Å². The molecule has 3 aliphatic rings. The van der Waals surface area contributed by atoms with Gasteiger partial charge in [0.1, 0.15) is 5.92 Å². The molecule has 4 nitrogen and oxygen atoms in total. The summed E-state index contributed by atoms with van der Waals surface area (Å²) in [5, 5.41) is 0. The van der Waals surface area contributed by atoms with E-state index in [1.807, 2.05) is 6.08 Å². The van der Waals surface area contributed by atoms with Gasteiger partial charge >= 0.3 is 11.9 Å². The summed E-state index contributed by atoms with van der Waals surface area (Å²) in [6.45, 7) is 0. The monoisotopic (exact) mass is 166 g/mol. The van der Waals surface area contributed by atoms with Crippen molar-refractivity contribution in [3.63, 3.8) is 0 Å². The molecule has 1 spiro atoms. The maximum atomic E-state index is 11.2. The van der Waals surface area contributed by atoms with Crippen LogP contribution in [0.5, 0.6) is 0 Å². The minimum atomic E-state index is -1.04. The summed E-state index contributed by atoms with van der Waals surface area (Å²) < 4.78 is 9.86. The van der Waals surface area contributed by atoms with Gasteiger partial charge in [-0.1, -0.05) is 6.08 Å². The van der Waals surface area contributed by atoms with Crippen LogP contribution in [0.1, 0.15) is 6.42 Å². The molecule has 2 fully saturated rings. The van der Waals surface area contributed by atoms with Crippen molar-refractivity contribution >= 4 is 11.9 Å². The van der Waals surface area contributed by atoms with Crippen LogP contribution in [0.15, 0.2) is 12.2 Å². The van der Waals surface area contributed by atoms with Crippen LogP contribution in [0.3, 0.4) is 0 Å². The van der Waals surface area contributed by atoms with E-state index in [2.05, 4.69) is 4.74 Å². The molecule has 0 aromatic carbocycles. The summed E-state index contributed by atoms with van der Waals surface area (Å²) in [6.07, 6.45) is 3.99. The van der Waals surface area contributed by atoms with Crippen molar-refractivity contribution in [2.24, 2.45) is 5.92 Å². The van der Waals surface area contributed by atoms with Crippen LogP contribution in [0, 0.1) is 5.92 Å². The molecule has 62 valence electrons. The molecule has 3 aliphatic heterocycles. The highest BCUT2D eigenvalue weighted by Crippen LogP contribution is 2.47. The van der Waals surface area contributed by atoms with E-state index in [9.17, 15) is 9.59 Å². The first-order valence-electron chi connectivity index (χ1n) is 3.86. The Hall–Kier alpha value is -1.16. The van der Waals surface area contributed by atoms with E-state index in [0.717, 1.165) is 0 Å². The molecular formula is C8H6O4. The van der Waals surface area contributed by atoms with E-state index in [-0.39, 0.29) is 12.0 Å². The second-order valence-corrected chi connectivity index (χ2v) is 3.31. The maximum Gasteiger partial charge on any atom is 0.351 e. The van der Waals surface area contributed by atoms with Crippen LogP contribution in [-0.2, 0) is 19.1 Å². The SMILES string of the molecule is O=C1OC(=O)C23C=CC(CC12)O3. The lowest BCUT2D eigenvalue weighted by molar-refractivity contribution is -0.159. The zero-order valence-electron chi connectivity index (χ0n) is 6.15. The Labute approximate surface area is 68.1 Å². The topological polar surface area (TPSA) is 52.6 Å². The lowest BCUT2D eigenvalue weighted by Crippen LogP contribution is -2.35. The molecule has 4 heteroatoms. The highest BCUT2D eigenvalue weighted by molar-refractivity contribution is 6.03. The second kappa shape index (κ2) is 1.61. The van der Waals surface area contributed by atoms with Gasteiger partial charge in [0.25, 0.3) is 0 Å². The molecule has 0 saturated carbocycles. The van der Waals surface area contributed by atoms with E-state index in [1.54, 1.807) is 6.08 Å². The molecule has 0 N–H and O–H groups in total. The van der Waals surface area contributed by atoms with Crippen molar-refractivity contribution in [1.82, 2.24) is 0 Å². The lowest BCUT2D eigenvalue weighted by Gasteiger charge is -2.13. The number of hydrogen-bond donors (Lipinski definition) is 0. The standard InChI is InChI=1S/C8H6O4/c9-6-5-3-4-1-2-8(5,12-4)7(10)11-6/h1-2,4-5H,3H2. The van der Waals surface area contributed by atoms with Crippen LogP contribution in [0.25, 0.3) is 0 Å². The molecule has 3 atom stereocenters. The number of cyclic esters (lactones) is 2. The molecule has 12 heavy (non-hydrogen) atoms. The van der Waals surface area contributed by atoms with Crippen LogP contribution in [0.2, 0.25) is 0 Å². The Morgan fingerprint density at radius 1 is 1.50 bits per heavy atom. The molecule has 2 bridgehead atoms. The van der Waals surface area contributed by atoms with E-state index in [0.29, 0.717) is 6.42 Å². The number of carbonyl (C=O) groups excluding carboxylic acids is 2. The number of fused-ring (bicyclic) bond motifs is 1. The Bertz CT molecular complexity index is 319. The van der Waals surface area contributed by atoms with E-state index >= 15 is 0 Å². The third-order valence-electron chi connectivity index (χ3n) is 2.69. The van der Waals surface area contributed by atoms with E-state index < -0.39 is 17.5 Å². The first-order valence-corrected chi connectivity index (χ1v) is 3.86. The maximum absolute atomic E-state index is 11.2. The van der Waals surface area contributed by atoms with Crippen LogP contribution < -0.4 is 0 Å². The van der Waals surface area contributed by atoms with Gasteiger partial charge in [-0.15, -0.1) is 0 Å². The molecule has 0 aliphatic carbocycles. The van der Waals surface area contributed by atoms with Gasteiger partial charge in [0.15, 0.2) is 5.60 Å². The van der Waals surface area contributed by atoms with Gasteiger partial charge in [-0.25, -0.2) is 4.79 Å². The first kappa shape index (κ1) is 6.37. The van der Waals surface area contributed by atoms with Crippen LogP contribution >= 0.6 is 0 Å². The largest absolute Gasteiger partial charge is 0.390 e. The van der Waals surface area contributed by atoms with Gasteiger partial charge in [-0.2, -0.15) is 0 Å². The summed E-state index contributed by atoms with van der Waals surface area (Å²) in [5.41, 5.74) is -1.04. The Morgan fingerprint density at radius 2 is 2.33 bits per heavy atom. The molecule has 2 saturated heterocycles. The average molecular weight is 166 g/mol. The fourth-order valence-electron chi connectivity index (χ4n) is 2.08.